The number of aromatic nitrogens is 1. The van der Waals surface area contributed by atoms with Crippen LogP contribution in [-0.2, 0) is 4.74 Å². The van der Waals surface area contributed by atoms with E-state index < -0.39 is 5.60 Å². The van der Waals surface area contributed by atoms with E-state index >= 15 is 0 Å². The fraction of sp³-hybridized carbons (Fsp3) is 0.625. The van der Waals surface area contributed by atoms with Crippen molar-refractivity contribution >= 4 is 11.9 Å². The van der Waals surface area contributed by atoms with Gasteiger partial charge in [0.15, 0.2) is 0 Å². The Kier molecular flexibility index (Phi) is 5.04. The van der Waals surface area contributed by atoms with Gasteiger partial charge in [0.1, 0.15) is 11.4 Å². The van der Waals surface area contributed by atoms with Gasteiger partial charge in [0.2, 0.25) is 0 Å². The van der Waals surface area contributed by atoms with Gasteiger partial charge in [-0.1, -0.05) is 6.07 Å². The molecule has 5 nitrogen and oxygen atoms in total. The predicted octanol–water partition coefficient (Wildman–Crippen LogP) is 2.82. The fourth-order valence-electron chi connectivity index (χ4n) is 2.45. The number of nitrogens with zero attached hydrogens (tertiary/aromatic N) is 2. The number of carbonyl (C=O) groups excluding carboxylic acids is 1. The lowest BCUT2D eigenvalue weighted by molar-refractivity contribution is 0.0517. The van der Waals surface area contributed by atoms with Crippen molar-refractivity contribution in [2.45, 2.75) is 39.2 Å². The van der Waals surface area contributed by atoms with Crippen molar-refractivity contribution in [3.8, 4) is 0 Å². The van der Waals surface area contributed by atoms with E-state index in [2.05, 4.69) is 15.2 Å². The van der Waals surface area contributed by atoms with Crippen LogP contribution in [0.1, 0.15) is 33.6 Å². The largest absolute Gasteiger partial charge is 0.444 e. The van der Waals surface area contributed by atoms with Crippen LogP contribution in [0.3, 0.4) is 0 Å². The van der Waals surface area contributed by atoms with Crippen LogP contribution in [0, 0.1) is 5.92 Å². The zero-order valence-corrected chi connectivity index (χ0v) is 13.1. The summed E-state index contributed by atoms with van der Waals surface area (Å²) >= 11 is 0. The highest BCUT2D eigenvalue weighted by Gasteiger charge is 2.22. The molecule has 2 rings (SSSR count). The highest BCUT2D eigenvalue weighted by molar-refractivity contribution is 5.67. The highest BCUT2D eigenvalue weighted by Crippen LogP contribution is 2.21. The molecular formula is C16H25N3O2. The molecule has 1 fully saturated rings. The van der Waals surface area contributed by atoms with Crippen molar-refractivity contribution in [2.75, 3.05) is 24.5 Å². The van der Waals surface area contributed by atoms with Gasteiger partial charge >= 0.3 is 6.09 Å². The Hall–Kier alpha value is -1.78. The molecule has 1 aromatic heterocycles. The Morgan fingerprint density at radius 3 is 2.67 bits per heavy atom. The molecule has 1 aliphatic rings. The van der Waals surface area contributed by atoms with Gasteiger partial charge in [-0.2, -0.15) is 0 Å². The molecule has 0 aromatic carbocycles. The molecule has 1 N–H and O–H groups in total. The second-order valence-corrected chi connectivity index (χ2v) is 6.50. The quantitative estimate of drug-likeness (QED) is 0.930. The molecule has 0 bridgehead atoms. The van der Waals surface area contributed by atoms with Crippen molar-refractivity contribution < 1.29 is 9.53 Å². The van der Waals surface area contributed by atoms with Crippen LogP contribution in [0.25, 0.3) is 0 Å². The summed E-state index contributed by atoms with van der Waals surface area (Å²) in [6.07, 6.45) is 3.62. The SMILES string of the molecule is CC(C)(C)OC(=O)NCC1CCN(c2ccccn2)CC1. The minimum Gasteiger partial charge on any atom is -0.444 e. The number of rotatable bonds is 3. The summed E-state index contributed by atoms with van der Waals surface area (Å²) in [6.45, 7) is 8.27. The molecule has 1 aliphatic heterocycles. The zero-order valence-electron chi connectivity index (χ0n) is 13.1. The number of pyridine rings is 1. The molecule has 0 unspecified atom stereocenters. The monoisotopic (exact) mass is 291 g/mol. The fourth-order valence-corrected chi connectivity index (χ4v) is 2.45. The number of hydrogen-bond acceptors (Lipinski definition) is 4. The van der Waals surface area contributed by atoms with E-state index in [0.29, 0.717) is 12.5 Å². The van der Waals surface area contributed by atoms with Crippen molar-refractivity contribution in [3.05, 3.63) is 24.4 Å². The maximum Gasteiger partial charge on any atom is 0.407 e. The average Bonchev–Trinajstić information content (AvgIpc) is 2.45. The normalized spacial score (nSPS) is 16.6. The molecule has 116 valence electrons. The third kappa shape index (κ3) is 5.25. The van der Waals surface area contributed by atoms with Crippen molar-refractivity contribution in [1.82, 2.24) is 10.3 Å². The molecular weight excluding hydrogens is 266 g/mol. The Labute approximate surface area is 126 Å². The lowest BCUT2D eigenvalue weighted by Crippen LogP contribution is -2.40. The summed E-state index contributed by atoms with van der Waals surface area (Å²) in [5, 5.41) is 2.87. The Morgan fingerprint density at radius 1 is 1.38 bits per heavy atom. The predicted molar refractivity (Wildman–Crippen MR) is 83.4 cm³/mol. The van der Waals surface area contributed by atoms with Crippen LogP contribution in [0.4, 0.5) is 10.6 Å². The summed E-state index contributed by atoms with van der Waals surface area (Å²) in [7, 11) is 0. The second kappa shape index (κ2) is 6.78. The summed E-state index contributed by atoms with van der Waals surface area (Å²) in [4.78, 5) is 18.3. The van der Waals surface area contributed by atoms with Gasteiger partial charge in [-0.15, -0.1) is 0 Å². The number of piperidine rings is 1. The smallest absolute Gasteiger partial charge is 0.407 e. The van der Waals surface area contributed by atoms with Crippen LogP contribution in [-0.4, -0.2) is 36.3 Å². The maximum absolute atomic E-state index is 11.6. The maximum atomic E-state index is 11.6. The number of amides is 1. The van der Waals surface area contributed by atoms with Crippen molar-refractivity contribution in [1.29, 1.82) is 0 Å². The number of ether oxygens (including phenoxy) is 1. The van der Waals surface area contributed by atoms with Gasteiger partial charge in [-0.3, -0.25) is 0 Å². The molecule has 21 heavy (non-hydrogen) atoms. The van der Waals surface area contributed by atoms with Crippen LogP contribution in [0.2, 0.25) is 0 Å². The van der Waals surface area contributed by atoms with Crippen molar-refractivity contribution in [2.24, 2.45) is 5.92 Å². The van der Waals surface area contributed by atoms with Gasteiger partial charge in [-0.05, 0) is 51.7 Å². The van der Waals surface area contributed by atoms with Gasteiger partial charge < -0.3 is 15.0 Å². The van der Waals surface area contributed by atoms with Gasteiger partial charge in [-0.25, -0.2) is 9.78 Å². The Balaban J connectivity index is 1.71. The molecule has 1 saturated heterocycles. The third-order valence-electron chi connectivity index (χ3n) is 3.52. The molecule has 1 amide bonds. The average molecular weight is 291 g/mol. The summed E-state index contributed by atoms with van der Waals surface area (Å²) < 4.78 is 5.25. The van der Waals surface area contributed by atoms with Crippen LogP contribution in [0.15, 0.2) is 24.4 Å². The van der Waals surface area contributed by atoms with E-state index in [1.807, 2.05) is 45.2 Å². The summed E-state index contributed by atoms with van der Waals surface area (Å²) in [5.41, 5.74) is -0.438. The van der Waals surface area contributed by atoms with Crippen LogP contribution >= 0.6 is 0 Å². The van der Waals surface area contributed by atoms with Gasteiger partial charge in [0.25, 0.3) is 0 Å². The standard InChI is InChI=1S/C16H25N3O2/c1-16(2,3)21-15(20)18-12-13-7-10-19(11-8-13)14-6-4-5-9-17-14/h4-6,9,13H,7-8,10-12H2,1-3H3,(H,18,20). The number of nitrogens with one attached hydrogen (secondary N) is 1. The summed E-state index contributed by atoms with van der Waals surface area (Å²) in [6, 6.07) is 5.98. The lowest BCUT2D eigenvalue weighted by Gasteiger charge is -2.33. The van der Waals surface area contributed by atoms with E-state index in [0.717, 1.165) is 31.7 Å². The molecule has 2 heterocycles. The molecule has 0 radical (unpaired) electrons. The molecule has 0 atom stereocenters. The summed E-state index contributed by atoms with van der Waals surface area (Å²) in [5.74, 6) is 1.55. The molecule has 1 aromatic rings. The van der Waals surface area contributed by atoms with Gasteiger partial charge in [0, 0.05) is 25.8 Å². The van der Waals surface area contributed by atoms with E-state index in [1.54, 1.807) is 0 Å². The van der Waals surface area contributed by atoms with E-state index in [-0.39, 0.29) is 6.09 Å². The number of carbonyl (C=O) groups is 1. The minimum atomic E-state index is -0.438. The number of anilines is 1. The van der Waals surface area contributed by atoms with Crippen LogP contribution < -0.4 is 10.2 Å². The topological polar surface area (TPSA) is 54.5 Å². The Morgan fingerprint density at radius 2 is 2.10 bits per heavy atom. The second-order valence-electron chi connectivity index (χ2n) is 6.50. The van der Waals surface area contributed by atoms with Crippen molar-refractivity contribution in [3.63, 3.8) is 0 Å². The first-order chi connectivity index (χ1) is 9.94. The third-order valence-corrected chi connectivity index (χ3v) is 3.52. The number of hydrogen-bond donors (Lipinski definition) is 1. The molecule has 0 saturated carbocycles. The van der Waals surface area contributed by atoms with Gasteiger partial charge in [0.05, 0.1) is 0 Å². The first-order valence-electron chi connectivity index (χ1n) is 7.57. The van der Waals surface area contributed by atoms with E-state index in [9.17, 15) is 4.79 Å². The first kappa shape index (κ1) is 15.6. The molecule has 5 heteroatoms. The minimum absolute atomic E-state index is 0.324. The Bertz CT molecular complexity index is 448. The van der Waals surface area contributed by atoms with Crippen LogP contribution in [0.5, 0.6) is 0 Å². The zero-order chi connectivity index (χ0) is 15.3. The van der Waals surface area contributed by atoms with E-state index in [1.165, 1.54) is 0 Å². The molecule has 0 aliphatic carbocycles. The first-order valence-corrected chi connectivity index (χ1v) is 7.57. The molecule has 0 spiro atoms. The van der Waals surface area contributed by atoms with E-state index in [4.69, 9.17) is 4.74 Å². The number of alkyl carbamates (subject to hydrolysis) is 1. The lowest BCUT2D eigenvalue weighted by atomic mass is 9.97. The highest BCUT2D eigenvalue weighted by atomic mass is 16.6.